The van der Waals surface area contributed by atoms with E-state index in [0.717, 1.165) is 72.8 Å². The summed E-state index contributed by atoms with van der Waals surface area (Å²) in [5.41, 5.74) is -16.7. The Labute approximate surface area is 323 Å². The molecule has 0 saturated heterocycles. The molecule has 0 N–H and O–H groups in total. The molecule has 6 aromatic carbocycles. The molecule has 300 valence electrons. The van der Waals surface area contributed by atoms with E-state index in [4.69, 9.17) is 0 Å². The second kappa shape index (κ2) is 11.8. The van der Waals surface area contributed by atoms with Crippen molar-refractivity contribution in [3.63, 3.8) is 0 Å². The molecular weight excluding hydrogens is 810 g/mol. The van der Waals surface area contributed by atoms with Gasteiger partial charge in [-0.25, -0.2) is 0 Å². The third kappa shape index (κ3) is 4.96. The predicted molar refractivity (Wildman–Crippen MR) is 183 cm³/mol. The summed E-state index contributed by atoms with van der Waals surface area (Å²) < 4.78 is 211. The van der Waals surface area contributed by atoms with Gasteiger partial charge in [0.05, 0.1) is 0 Å². The topological polar surface area (TPSA) is 17.1 Å². The van der Waals surface area contributed by atoms with Crippen LogP contribution >= 0.6 is 0 Å². The van der Waals surface area contributed by atoms with E-state index in [1.165, 1.54) is 24.3 Å². The van der Waals surface area contributed by atoms with E-state index in [9.17, 15) is 4.79 Å². The van der Waals surface area contributed by atoms with Crippen LogP contribution in [0.25, 0.3) is 0 Å². The highest BCUT2D eigenvalue weighted by Gasteiger charge is 2.59. The summed E-state index contributed by atoms with van der Waals surface area (Å²) in [5, 5.41) is 0. The number of carbonyl (C=O) groups excluding carboxylic acids is 1. The fourth-order valence-electron chi connectivity index (χ4n) is 8.41. The Morgan fingerprint density at radius 1 is 0.237 bits per heavy atom. The Morgan fingerprint density at radius 3 is 0.763 bits per heavy atom. The van der Waals surface area contributed by atoms with E-state index in [2.05, 4.69) is 0 Å². The lowest BCUT2D eigenvalue weighted by Gasteiger charge is -2.38. The normalized spacial score (nSPS) is 20.3. The summed E-state index contributed by atoms with van der Waals surface area (Å²) in [6.45, 7) is 0. The van der Waals surface area contributed by atoms with Crippen molar-refractivity contribution in [1.29, 1.82) is 0 Å². The van der Waals surface area contributed by atoms with Crippen molar-refractivity contribution in [2.75, 3.05) is 0 Å². The Hall–Kier alpha value is -5.99. The van der Waals surface area contributed by atoms with Crippen LogP contribution in [0.4, 0.5) is 61.5 Å². The van der Waals surface area contributed by atoms with Gasteiger partial charge >= 0.3 is 0 Å². The molecule has 59 heavy (non-hydrogen) atoms. The highest BCUT2D eigenvalue weighted by Crippen LogP contribution is 2.60. The van der Waals surface area contributed by atoms with E-state index >= 15 is 61.5 Å². The summed E-state index contributed by atoms with van der Waals surface area (Å²) >= 11 is 0. The van der Waals surface area contributed by atoms with Crippen molar-refractivity contribution in [2.45, 2.75) is 41.5 Å². The van der Waals surface area contributed by atoms with Crippen molar-refractivity contribution in [3.8, 4) is 0 Å². The van der Waals surface area contributed by atoms with Gasteiger partial charge in [-0.1, -0.05) is 97.1 Å². The molecule has 1 nitrogen and oxygen atoms in total. The number of hydrogen-bond acceptors (Lipinski definition) is 1. The van der Waals surface area contributed by atoms with Gasteiger partial charge < -0.3 is 0 Å². The number of hydrogen-bond donors (Lipinski definition) is 0. The van der Waals surface area contributed by atoms with E-state index in [0.29, 0.717) is 12.1 Å². The lowest BCUT2D eigenvalue weighted by atomic mass is 9.74. The first-order chi connectivity index (χ1) is 27.5. The third-order valence-corrected chi connectivity index (χ3v) is 11.2. The average molecular weight is 831 g/mol. The molecule has 15 heteroatoms. The second-order valence-corrected chi connectivity index (χ2v) is 14.4. The zero-order valence-corrected chi connectivity index (χ0v) is 29.2. The van der Waals surface area contributed by atoms with Gasteiger partial charge in [-0.3, -0.25) is 4.79 Å². The summed E-state index contributed by atoms with van der Waals surface area (Å²) in [7, 11) is 0. The Kier molecular flexibility index (Phi) is 7.72. The summed E-state index contributed by atoms with van der Waals surface area (Å²) in [5.74, 6) is -28.7. The molecule has 0 amide bonds. The minimum atomic E-state index is -4.06. The summed E-state index contributed by atoms with van der Waals surface area (Å²) in [6, 6.07) is 17.6. The largest absolute Gasteiger partial charge is 0.299 e. The average Bonchev–Trinajstić information content (AvgIpc) is 3.21. The number of halogens is 14. The number of rotatable bonds is 0. The fourth-order valence-corrected chi connectivity index (χ4v) is 8.41. The van der Waals surface area contributed by atoms with E-state index < -0.39 is 131 Å². The van der Waals surface area contributed by atoms with Crippen LogP contribution in [0.3, 0.4) is 0 Å². The number of ketones is 1. The minimum absolute atomic E-state index is 0.109. The fraction of sp³-hybridized carbons (Fsp3) is 0.159. The molecule has 10 rings (SSSR count). The quantitative estimate of drug-likeness (QED) is 0.139. The van der Waals surface area contributed by atoms with Gasteiger partial charge in [0.25, 0.3) is 41.5 Å². The first kappa shape index (κ1) is 38.5. The highest BCUT2D eigenvalue weighted by atomic mass is 19.3. The predicted octanol–water partition coefficient (Wildman–Crippen LogP) is 12.8. The lowest BCUT2D eigenvalue weighted by Crippen LogP contribution is -2.38. The molecule has 0 aliphatic heterocycles. The molecule has 0 spiro atoms. The van der Waals surface area contributed by atoms with Crippen molar-refractivity contribution < 1.29 is 66.3 Å². The first-order valence-electron chi connectivity index (χ1n) is 17.5. The molecule has 0 saturated carbocycles. The molecule has 0 atom stereocenters. The molecular formula is C44H20F14O. The second-order valence-electron chi connectivity index (χ2n) is 14.4. The number of benzene rings is 6. The molecule has 0 bridgehead atoms. The SMILES string of the molecule is FC1(F)c2ccccc2C(F)(F)c2cc3c(cc21)C(F)(F)c1ccccc1C3(F)F.O=C1c2ccccc2C(F)(F)c2cc3c(cc21)C(F)(F)c1ccccc1C3(F)F. The number of fused-ring (bicyclic) bond motifs is 8. The first-order valence-corrected chi connectivity index (χ1v) is 17.5. The third-order valence-electron chi connectivity index (χ3n) is 11.2. The van der Waals surface area contributed by atoms with Crippen molar-refractivity contribution in [3.05, 3.63) is 210 Å². The van der Waals surface area contributed by atoms with Gasteiger partial charge in [0, 0.05) is 89.0 Å². The van der Waals surface area contributed by atoms with Crippen molar-refractivity contribution >= 4 is 5.78 Å². The van der Waals surface area contributed by atoms with E-state index in [1.807, 2.05) is 0 Å². The van der Waals surface area contributed by atoms with Crippen LogP contribution in [0.1, 0.15) is 93.8 Å². The molecule has 0 fully saturated rings. The Bertz CT molecular complexity index is 2620. The molecule has 4 aliphatic carbocycles. The molecule has 0 radical (unpaired) electrons. The van der Waals surface area contributed by atoms with Gasteiger partial charge in [-0.05, 0) is 24.3 Å². The smallest absolute Gasteiger partial charge is 0.289 e. The molecule has 4 aliphatic rings. The number of alkyl halides is 14. The molecule has 0 heterocycles. The van der Waals surface area contributed by atoms with Crippen LogP contribution in [0.2, 0.25) is 0 Å². The van der Waals surface area contributed by atoms with Gasteiger partial charge in [0.1, 0.15) is 0 Å². The van der Waals surface area contributed by atoms with Gasteiger partial charge in [-0.15, -0.1) is 0 Å². The van der Waals surface area contributed by atoms with E-state index in [1.54, 1.807) is 0 Å². The van der Waals surface area contributed by atoms with E-state index in [-0.39, 0.29) is 17.7 Å². The minimum Gasteiger partial charge on any atom is -0.289 e. The zero-order valence-electron chi connectivity index (χ0n) is 29.2. The highest BCUT2D eigenvalue weighted by molar-refractivity contribution is 6.13. The summed E-state index contributed by atoms with van der Waals surface area (Å²) in [6.07, 6.45) is 0. The van der Waals surface area contributed by atoms with Crippen molar-refractivity contribution in [1.82, 2.24) is 0 Å². The summed E-state index contributed by atoms with van der Waals surface area (Å²) in [4.78, 5) is 12.7. The van der Waals surface area contributed by atoms with Crippen molar-refractivity contribution in [2.24, 2.45) is 0 Å². The standard InChI is InChI=1S/C22H10F8.C22H10F6O/c23-19(24)11-5-1-2-6-12(11)20(25,26)16-10-18-17(9-15(16)19)21(27,28)13-7-3-4-8-14(13)22(18,29)30;23-20(24)13-6-2-1-5-11(13)19(29)12-9-17-18(10-16(12)20)22(27,28)15-8-4-3-7-14(15)21(17,25)26/h1-10H;1-10H. The maximum Gasteiger partial charge on any atom is 0.299 e. The zero-order chi connectivity index (χ0) is 42.5. The maximum atomic E-state index is 15.1. The maximum absolute atomic E-state index is 15.1. The van der Waals surface area contributed by atoms with Crippen LogP contribution in [-0.4, -0.2) is 5.78 Å². The van der Waals surface area contributed by atoms with Crippen LogP contribution in [0.15, 0.2) is 121 Å². The molecule has 0 unspecified atom stereocenters. The Balaban J connectivity index is 0.000000152. The molecule has 6 aromatic rings. The monoisotopic (exact) mass is 830 g/mol. The molecule has 0 aromatic heterocycles. The van der Waals surface area contributed by atoms with Crippen LogP contribution in [0.5, 0.6) is 0 Å². The van der Waals surface area contributed by atoms with Crippen LogP contribution in [-0.2, 0) is 41.5 Å². The lowest BCUT2D eigenvalue weighted by molar-refractivity contribution is -0.0221. The Morgan fingerprint density at radius 2 is 0.458 bits per heavy atom. The van der Waals surface area contributed by atoms with Crippen LogP contribution < -0.4 is 0 Å². The van der Waals surface area contributed by atoms with Gasteiger partial charge in [0.15, 0.2) is 5.78 Å². The van der Waals surface area contributed by atoms with Gasteiger partial charge in [0.2, 0.25) is 0 Å². The van der Waals surface area contributed by atoms with Crippen LogP contribution in [0, 0.1) is 0 Å². The van der Waals surface area contributed by atoms with Gasteiger partial charge in [-0.2, -0.15) is 61.5 Å². The number of carbonyl (C=O) groups is 1.